The number of nitrogens with zero attached hydrogens (tertiary/aromatic N) is 1. The van der Waals surface area contributed by atoms with Gasteiger partial charge >= 0.3 is 0 Å². The van der Waals surface area contributed by atoms with E-state index in [2.05, 4.69) is 4.98 Å². The topological polar surface area (TPSA) is 30.0 Å². The highest BCUT2D eigenvalue weighted by Crippen LogP contribution is 2.27. The van der Waals surface area contributed by atoms with Crippen LogP contribution in [0.3, 0.4) is 0 Å². The lowest BCUT2D eigenvalue weighted by molar-refractivity contribution is 0.0997. The van der Waals surface area contributed by atoms with Crippen LogP contribution in [-0.2, 0) is 6.42 Å². The van der Waals surface area contributed by atoms with Gasteiger partial charge < -0.3 is 0 Å². The van der Waals surface area contributed by atoms with E-state index in [1.165, 1.54) is 34.8 Å². The van der Waals surface area contributed by atoms with E-state index in [1.54, 1.807) is 6.07 Å². The molecule has 3 rings (SSSR count). The number of carbonyl (C=O) groups excluding carboxylic acids is 1. The van der Waals surface area contributed by atoms with Crippen molar-refractivity contribution in [1.82, 2.24) is 4.98 Å². The van der Waals surface area contributed by atoms with Gasteiger partial charge in [-0.05, 0) is 30.5 Å². The number of aryl methyl sites for hydroxylation is 1. The number of Topliss-reactive ketones (excluding diaryl/α,β-unsaturated/α-hetero) is 1. The van der Waals surface area contributed by atoms with Gasteiger partial charge in [0.2, 0.25) is 0 Å². The van der Waals surface area contributed by atoms with Crippen molar-refractivity contribution in [2.45, 2.75) is 13.3 Å². The fourth-order valence-electron chi connectivity index (χ4n) is 1.85. The van der Waals surface area contributed by atoms with Crippen LogP contribution in [0.15, 0.2) is 29.6 Å². The Morgan fingerprint density at radius 1 is 1.37 bits per heavy atom. The highest BCUT2D eigenvalue weighted by atomic mass is 32.1. The van der Waals surface area contributed by atoms with Crippen molar-refractivity contribution in [3.8, 4) is 0 Å². The molecular formula is C14H10FNOS2. The molecule has 0 aliphatic carbocycles. The molecule has 3 aromatic rings. The molecule has 0 N–H and O–H groups in total. The van der Waals surface area contributed by atoms with E-state index < -0.39 is 0 Å². The molecule has 2 heterocycles. The molecule has 0 unspecified atom stereocenters. The van der Waals surface area contributed by atoms with Gasteiger partial charge in [0.1, 0.15) is 10.8 Å². The fourth-order valence-corrected chi connectivity index (χ4v) is 3.65. The minimum absolute atomic E-state index is 0.0379. The van der Waals surface area contributed by atoms with Gasteiger partial charge in [0.05, 0.1) is 11.3 Å². The molecule has 0 fully saturated rings. The van der Waals surface area contributed by atoms with Crippen molar-refractivity contribution >= 4 is 38.5 Å². The average Bonchev–Trinajstić information content (AvgIpc) is 2.95. The highest BCUT2D eigenvalue weighted by Gasteiger charge is 2.13. The Hall–Kier alpha value is -1.59. The van der Waals surface area contributed by atoms with Crippen LogP contribution in [0.1, 0.15) is 20.4 Å². The van der Waals surface area contributed by atoms with E-state index in [0.717, 1.165) is 20.8 Å². The smallest absolute Gasteiger partial charge is 0.179 e. The van der Waals surface area contributed by atoms with Gasteiger partial charge in [0.25, 0.3) is 0 Å². The molecule has 0 aliphatic heterocycles. The molecule has 0 aliphatic rings. The lowest BCUT2D eigenvalue weighted by atomic mass is 10.2. The first-order chi connectivity index (χ1) is 9.11. The van der Waals surface area contributed by atoms with Gasteiger partial charge in [-0.2, -0.15) is 0 Å². The Morgan fingerprint density at radius 3 is 2.95 bits per heavy atom. The Kier molecular flexibility index (Phi) is 3.16. The maximum Gasteiger partial charge on any atom is 0.179 e. The van der Waals surface area contributed by atoms with Gasteiger partial charge in [0, 0.05) is 15.8 Å². The summed E-state index contributed by atoms with van der Waals surface area (Å²) in [6, 6.07) is 6.39. The number of thiazole rings is 1. The Morgan fingerprint density at radius 2 is 2.21 bits per heavy atom. The maximum absolute atomic E-state index is 13.1. The van der Waals surface area contributed by atoms with Gasteiger partial charge in [-0.25, -0.2) is 9.37 Å². The predicted molar refractivity (Wildman–Crippen MR) is 76.7 cm³/mol. The van der Waals surface area contributed by atoms with Gasteiger partial charge in [0.15, 0.2) is 5.78 Å². The summed E-state index contributed by atoms with van der Waals surface area (Å²) >= 11 is 2.83. The van der Waals surface area contributed by atoms with Crippen LogP contribution in [0, 0.1) is 12.7 Å². The molecular weight excluding hydrogens is 281 g/mol. The molecule has 1 aromatic carbocycles. The van der Waals surface area contributed by atoms with E-state index in [0.29, 0.717) is 11.3 Å². The van der Waals surface area contributed by atoms with Crippen LogP contribution in [0.25, 0.3) is 10.1 Å². The molecule has 0 bridgehead atoms. The van der Waals surface area contributed by atoms with E-state index in [4.69, 9.17) is 0 Å². The number of fused-ring (bicyclic) bond motifs is 1. The third-order valence-electron chi connectivity index (χ3n) is 2.74. The summed E-state index contributed by atoms with van der Waals surface area (Å²) in [4.78, 5) is 17.1. The quantitative estimate of drug-likeness (QED) is 0.676. The number of ketones is 1. The fraction of sp³-hybridized carbons (Fsp3) is 0.143. The summed E-state index contributed by atoms with van der Waals surface area (Å²) in [6.07, 6.45) is 0.313. The molecule has 0 radical (unpaired) electrons. The summed E-state index contributed by atoms with van der Waals surface area (Å²) in [5.74, 6) is -0.236. The van der Waals surface area contributed by atoms with E-state index in [9.17, 15) is 9.18 Å². The van der Waals surface area contributed by atoms with Crippen molar-refractivity contribution in [1.29, 1.82) is 0 Å². The van der Waals surface area contributed by atoms with Crippen LogP contribution < -0.4 is 0 Å². The zero-order chi connectivity index (χ0) is 13.4. The zero-order valence-electron chi connectivity index (χ0n) is 10.1. The number of aromatic nitrogens is 1. The summed E-state index contributed by atoms with van der Waals surface area (Å²) in [5.41, 5.74) is 0.936. The normalized spacial score (nSPS) is 11.1. The van der Waals surface area contributed by atoms with E-state index in [-0.39, 0.29) is 11.6 Å². The van der Waals surface area contributed by atoms with Crippen molar-refractivity contribution in [2.24, 2.45) is 0 Å². The Bertz CT molecular complexity index is 760. The first-order valence-corrected chi connectivity index (χ1v) is 7.45. The maximum atomic E-state index is 13.1. The third kappa shape index (κ3) is 2.57. The van der Waals surface area contributed by atoms with Crippen LogP contribution >= 0.6 is 22.7 Å². The number of carbonyl (C=O) groups is 1. The molecule has 2 nitrogen and oxygen atoms in total. The van der Waals surface area contributed by atoms with E-state index >= 15 is 0 Å². The predicted octanol–water partition coefficient (Wildman–Crippen LogP) is 4.23. The van der Waals surface area contributed by atoms with Crippen LogP contribution in [-0.4, -0.2) is 10.8 Å². The Labute approximate surface area is 117 Å². The van der Waals surface area contributed by atoms with Crippen molar-refractivity contribution in [3.63, 3.8) is 0 Å². The Balaban J connectivity index is 1.89. The number of hydrogen-bond acceptors (Lipinski definition) is 4. The SMILES string of the molecule is Cc1csc(CC(=O)c2cc3ccc(F)cc3s2)n1. The minimum atomic E-state index is -0.274. The number of hydrogen-bond donors (Lipinski definition) is 0. The van der Waals surface area contributed by atoms with Crippen molar-refractivity contribution in [2.75, 3.05) is 0 Å². The average molecular weight is 291 g/mol. The molecule has 0 saturated heterocycles. The summed E-state index contributed by atoms with van der Waals surface area (Å²) in [7, 11) is 0. The zero-order valence-corrected chi connectivity index (χ0v) is 11.8. The second kappa shape index (κ2) is 4.83. The summed E-state index contributed by atoms with van der Waals surface area (Å²) < 4.78 is 13.9. The molecule has 2 aromatic heterocycles. The second-order valence-electron chi connectivity index (χ2n) is 4.28. The number of halogens is 1. The minimum Gasteiger partial charge on any atom is -0.293 e. The van der Waals surface area contributed by atoms with Crippen LogP contribution in [0.2, 0.25) is 0 Å². The highest BCUT2D eigenvalue weighted by molar-refractivity contribution is 7.20. The summed E-state index contributed by atoms with van der Waals surface area (Å²) in [5, 5.41) is 3.67. The standard InChI is InChI=1S/C14H10FNOS2/c1-8-7-18-14(16-8)6-11(17)13-4-9-2-3-10(15)5-12(9)19-13/h2-5,7H,6H2,1H3. The van der Waals surface area contributed by atoms with Crippen molar-refractivity contribution < 1.29 is 9.18 Å². The number of benzene rings is 1. The van der Waals surface area contributed by atoms with Crippen molar-refractivity contribution in [3.05, 3.63) is 51.0 Å². The first-order valence-electron chi connectivity index (χ1n) is 5.75. The summed E-state index contributed by atoms with van der Waals surface area (Å²) in [6.45, 7) is 1.91. The molecule has 0 saturated carbocycles. The lowest BCUT2D eigenvalue weighted by Gasteiger charge is -1.92. The monoisotopic (exact) mass is 291 g/mol. The molecule has 0 amide bonds. The van der Waals surface area contributed by atoms with E-state index in [1.807, 2.05) is 18.4 Å². The second-order valence-corrected chi connectivity index (χ2v) is 6.30. The van der Waals surface area contributed by atoms with Crippen LogP contribution in [0.5, 0.6) is 0 Å². The van der Waals surface area contributed by atoms with Gasteiger partial charge in [-0.15, -0.1) is 22.7 Å². The molecule has 96 valence electrons. The molecule has 5 heteroatoms. The third-order valence-corrected chi connectivity index (χ3v) is 4.84. The first kappa shape index (κ1) is 12.4. The van der Waals surface area contributed by atoms with Gasteiger partial charge in [-0.1, -0.05) is 6.07 Å². The molecule has 0 atom stereocenters. The largest absolute Gasteiger partial charge is 0.293 e. The number of thiophene rings is 1. The molecule has 0 spiro atoms. The van der Waals surface area contributed by atoms with Crippen LogP contribution in [0.4, 0.5) is 4.39 Å². The lowest BCUT2D eigenvalue weighted by Crippen LogP contribution is -2.00. The molecule has 19 heavy (non-hydrogen) atoms. The van der Waals surface area contributed by atoms with Gasteiger partial charge in [-0.3, -0.25) is 4.79 Å². The number of rotatable bonds is 3.